The maximum Gasteiger partial charge on any atom is 0.0406 e. The summed E-state index contributed by atoms with van der Waals surface area (Å²) in [5.41, 5.74) is 2.35. The van der Waals surface area contributed by atoms with Gasteiger partial charge in [-0.25, -0.2) is 0 Å². The first kappa shape index (κ1) is 14.0. The molecule has 0 N–H and O–H groups in total. The highest BCUT2D eigenvalue weighted by atomic mass is 35.5. The molecular weight excluding hydrogens is 272 g/mol. The third-order valence-corrected chi connectivity index (χ3v) is 3.67. The van der Waals surface area contributed by atoms with Gasteiger partial charge in [0.05, 0.1) is 0 Å². The summed E-state index contributed by atoms with van der Waals surface area (Å²) in [5.74, 6) is 0. The minimum Gasteiger partial charge on any atom is -0.130 e. The molecule has 2 rings (SSSR count). The Morgan fingerprint density at radius 1 is 0.789 bits per heavy atom. The van der Waals surface area contributed by atoms with Crippen LogP contribution in [0.1, 0.15) is 11.1 Å². The van der Waals surface area contributed by atoms with Gasteiger partial charge in [0.15, 0.2) is 0 Å². The van der Waals surface area contributed by atoms with Crippen LogP contribution in [0.2, 0.25) is 5.02 Å². The number of rotatable bonds is 4. The van der Waals surface area contributed by atoms with E-state index in [0.717, 1.165) is 10.6 Å². The molecule has 2 heteroatoms. The van der Waals surface area contributed by atoms with Crippen molar-refractivity contribution in [2.45, 2.75) is 4.90 Å². The fourth-order valence-electron chi connectivity index (χ4n) is 1.62. The summed E-state index contributed by atoms with van der Waals surface area (Å²) in [6.45, 7) is 0. The molecule has 2 aromatic rings. The van der Waals surface area contributed by atoms with Crippen molar-refractivity contribution in [3.63, 3.8) is 0 Å². The molecule has 0 aliphatic heterocycles. The number of allylic oxidation sites excluding steroid dienone is 2. The number of thioether (sulfide) groups is 1. The average molecular weight is 287 g/mol. The molecule has 0 saturated carbocycles. The Balaban J connectivity index is 1.96. The maximum absolute atomic E-state index is 5.84. The summed E-state index contributed by atoms with van der Waals surface area (Å²) in [4.78, 5) is 1.29. The van der Waals surface area contributed by atoms with Crippen LogP contribution in [0.5, 0.6) is 0 Å². The van der Waals surface area contributed by atoms with Crippen LogP contribution in [0.25, 0.3) is 12.2 Å². The minimum atomic E-state index is 0.765. The Morgan fingerprint density at radius 2 is 1.26 bits per heavy atom. The predicted molar refractivity (Wildman–Crippen MR) is 87.7 cm³/mol. The quantitative estimate of drug-likeness (QED) is 0.506. The van der Waals surface area contributed by atoms with Gasteiger partial charge in [0, 0.05) is 9.92 Å². The highest BCUT2D eigenvalue weighted by molar-refractivity contribution is 7.98. The van der Waals surface area contributed by atoms with Crippen LogP contribution in [0.15, 0.2) is 65.6 Å². The van der Waals surface area contributed by atoms with Crippen LogP contribution in [0.4, 0.5) is 0 Å². The molecule has 0 nitrogen and oxygen atoms in total. The normalized spacial score (nSPS) is 11.5. The predicted octanol–water partition coefficient (Wildman–Crippen LogP) is 5.79. The second-order valence-electron chi connectivity index (χ2n) is 4.04. The van der Waals surface area contributed by atoms with E-state index >= 15 is 0 Å². The molecule has 0 radical (unpaired) electrons. The Bertz CT molecular complexity index is 565. The van der Waals surface area contributed by atoms with Gasteiger partial charge in [0.1, 0.15) is 0 Å². The average Bonchev–Trinajstić information content (AvgIpc) is 2.46. The molecule has 0 saturated heterocycles. The van der Waals surface area contributed by atoms with Crippen molar-refractivity contribution in [3.8, 4) is 0 Å². The van der Waals surface area contributed by atoms with Crippen molar-refractivity contribution in [3.05, 3.63) is 76.8 Å². The van der Waals surface area contributed by atoms with Crippen molar-refractivity contribution >= 4 is 35.5 Å². The smallest absolute Gasteiger partial charge is 0.0406 e. The highest BCUT2D eigenvalue weighted by Gasteiger charge is 1.89. The zero-order valence-electron chi connectivity index (χ0n) is 10.7. The summed E-state index contributed by atoms with van der Waals surface area (Å²) >= 11 is 7.59. The van der Waals surface area contributed by atoms with E-state index < -0.39 is 0 Å². The molecule has 0 bridgehead atoms. The number of halogens is 1. The lowest BCUT2D eigenvalue weighted by molar-refractivity contribution is 1.45. The van der Waals surface area contributed by atoms with Gasteiger partial charge < -0.3 is 0 Å². The molecule has 0 spiro atoms. The fraction of sp³-hybridized carbons (Fsp3) is 0.0588. The Hall–Kier alpha value is -1.44. The molecule has 96 valence electrons. The summed E-state index contributed by atoms with van der Waals surface area (Å²) < 4.78 is 0. The molecule has 0 aliphatic rings. The molecule has 0 amide bonds. The largest absolute Gasteiger partial charge is 0.130 e. The van der Waals surface area contributed by atoms with Gasteiger partial charge in [-0.3, -0.25) is 0 Å². The number of benzene rings is 2. The van der Waals surface area contributed by atoms with E-state index in [2.05, 4.69) is 42.7 Å². The summed E-state index contributed by atoms with van der Waals surface area (Å²) in [6.07, 6.45) is 10.3. The van der Waals surface area contributed by atoms with Gasteiger partial charge in [0.2, 0.25) is 0 Å². The van der Waals surface area contributed by atoms with E-state index in [-0.39, 0.29) is 0 Å². The molecule has 0 aromatic heterocycles. The molecular formula is C17H15ClS. The van der Waals surface area contributed by atoms with Gasteiger partial charge in [-0.05, 0) is 41.6 Å². The van der Waals surface area contributed by atoms with E-state index in [4.69, 9.17) is 11.6 Å². The highest BCUT2D eigenvalue weighted by Crippen LogP contribution is 2.15. The Labute approximate surface area is 123 Å². The van der Waals surface area contributed by atoms with E-state index in [9.17, 15) is 0 Å². The van der Waals surface area contributed by atoms with Crippen LogP contribution in [0.3, 0.4) is 0 Å². The van der Waals surface area contributed by atoms with E-state index in [1.807, 2.05) is 36.4 Å². The van der Waals surface area contributed by atoms with E-state index in [1.54, 1.807) is 11.8 Å². The molecule has 0 fully saturated rings. The second-order valence-corrected chi connectivity index (χ2v) is 5.36. The van der Waals surface area contributed by atoms with E-state index in [1.165, 1.54) is 10.5 Å². The van der Waals surface area contributed by atoms with Crippen molar-refractivity contribution < 1.29 is 0 Å². The van der Waals surface area contributed by atoms with Gasteiger partial charge in [-0.2, -0.15) is 0 Å². The molecule has 2 aromatic carbocycles. The molecule has 0 aliphatic carbocycles. The lowest BCUT2D eigenvalue weighted by Gasteiger charge is -1.96. The SMILES string of the molecule is CSc1ccc(C=CC=Cc2ccc(Cl)cc2)cc1. The fourth-order valence-corrected chi connectivity index (χ4v) is 2.16. The molecule has 0 unspecified atom stereocenters. The van der Waals surface area contributed by atoms with Crippen LogP contribution < -0.4 is 0 Å². The van der Waals surface area contributed by atoms with Crippen LogP contribution >= 0.6 is 23.4 Å². The van der Waals surface area contributed by atoms with Gasteiger partial charge >= 0.3 is 0 Å². The van der Waals surface area contributed by atoms with E-state index in [0.29, 0.717) is 0 Å². The third kappa shape index (κ3) is 4.62. The standard InChI is InChI=1S/C17H15ClS/c1-19-17-12-8-15(9-13-17)5-3-2-4-14-6-10-16(18)11-7-14/h2-13H,1H3. The van der Waals surface area contributed by atoms with Crippen LogP contribution in [-0.4, -0.2) is 6.26 Å². The number of hydrogen-bond acceptors (Lipinski definition) is 1. The second kappa shape index (κ2) is 7.22. The van der Waals surface area contributed by atoms with Crippen molar-refractivity contribution in [2.24, 2.45) is 0 Å². The Kier molecular flexibility index (Phi) is 5.31. The monoisotopic (exact) mass is 286 g/mol. The van der Waals surface area contributed by atoms with Gasteiger partial charge in [-0.15, -0.1) is 11.8 Å². The first-order valence-electron chi connectivity index (χ1n) is 6.02. The summed E-state index contributed by atoms with van der Waals surface area (Å²) in [6, 6.07) is 16.3. The lowest BCUT2D eigenvalue weighted by atomic mass is 10.2. The molecule has 0 atom stereocenters. The van der Waals surface area contributed by atoms with Crippen molar-refractivity contribution in [1.82, 2.24) is 0 Å². The van der Waals surface area contributed by atoms with Gasteiger partial charge in [-0.1, -0.05) is 60.2 Å². The molecule has 0 heterocycles. The zero-order chi connectivity index (χ0) is 13.5. The molecule has 19 heavy (non-hydrogen) atoms. The third-order valence-electron chi connectivity index (χ3n) is 2.67. The van der Waals surface area contributed by atoms with Crippen LogP contribution in [-0.2, 0) is 0 Å². The Morgan fingerprint density at radius 3 is 1.74 bits per heavy atom. The first-order chi connectivity index (χ1) is 9.28. The summed E-state index contributed by atoms with van der Waals surface area (Å²) in [5, 5.41) is 0.765. The maximum atomic E-state index is 5.84. The lowest BCUT2D eigenvalue weighted by Crippen LogP contribution is -1.72. The van der Waals surface area contributed by atoms with Crippen molar-refractivity contribution in [2.75, 3.05) is 6.26 Å². The summed E-state index contributed by atoms with van der Waals surface area (Å²) in [7, 11) is 0. The van der Waals surface area contributed by atoms with Crippen LogP contribution in [0, 0.1) is 0 Å². The van der Waals surface area contributed by atoms with Gasteiger partial charge in [0.25, 0.3) is 0 Å². The number of hydrogen-bond donors (Lipinski definition) is 0. The topological polar surface area (TPSA) is 0 Å². The van der Waals surface area contributed by atoms with Crippen molar-refractivity contribution in [1.29, 1.82) is 0 Å². The minimum absolute atomic E-state index is 0.765. The zero-order valence-corrected chi connectivity index (χ0v) is 12.3. The first-order valence-corrected chi connectivity index (χ1v) is 7.62.